The molecule has 30 heavy (non-hydrogen) atoms. The number of halogens is 3. The summed E-state index contributed by atoms with van der Waals surface area (Å²) in [4.78, 5) is 3.73. The lowest BCUT2D eigenvalue weighted by Gasteiger charge is -2.37. The molecule has 166 valence electrons. The van der Waals surface area contributed by atoms with E-state index in [1.165, 1.54) is 18.1 Å². The highest BCUT2D eigenvalue weighted by molar-refractivity contribution is 7.10. The zero-order chi connectivity index (χ0) is 21.6. The average Bonchev–Trinajstić information content (AvgIpc) is 3.23. The van der Waals surface area contributed by atoms with Gasteiger partial charge in [-0.2, -0.15) is 13.2 Å². The van der Waals surface area contributed by atoms with Gasteiger partial charge in [0.25, 0.3) is 0 Å². The van der Waals surface area contributed by atoms with Crippen LogP contribution in [0.2, 0.25) is 0 Å². The Hall–Kier alpha value is -1.81. The first kappa shape index (κ1) is 22.9. The third-order valence-corrected chi connectivity index (χ3v) is 5.84. The first-order valence-corrected chi connectivity index (χ1v) is 10.7. The number of hydrogen-bond acceptors (Lipinski definition) is 6. The molecule has 0 spiro atoms. The van der Waals surface area contributed by atoms with Gasteiger partial charge in [0.2, 0.25) is 0 Å². The van der Waals surface area contributed by atoms with Gasteiger partial charge in [-0.25, -0.2) is 0 Å². The molecule has 2 unspecified atom stereocenters. The number of rotatable bonds is 9. The number of benzene rings is 1. The van der Waals surface area contributed by atoms with E-state index in [2.05, 4.69) is 34.7 Å². The van der Waals surface area contributed by atoms with Crippen LogP contribution >= 0.6 is 11.3 Å². The summed E-state index contributed by atoms with van der Waals surface area (Å²) < 4.78 is 52.9. The Morgan fingerprint density at radius 3 is 2.80 bits per heavy atom. The van der Waals surface area contributed by atoms with E-state index in [4.69, 9.17) is 14.2 Å². The summed E-state index contributed by atoms with van der Waals surface area (Å²) in [6.45, 7) is 4.54. The van der Waals surface area contributed by atoms with Gasteiger partial charge in [0.15, 0.2) is 18.1 Å². The van der Waals surface area contributed by atoms with E-state index in [1.807, 2.05) is 0 Å². The van der Waals surface area contributed by atoms with Crippen molar-refractivity contribution >= 4 is 11.3 Å². The number of ether oxygens (including phenoxy) is 3. The molecule has 0 aliphatic carbocycles. The third kappa shape index (κ3) is 6.60. The highest BCUT2D eigenvalue weighted by atomic mass is 32.1. The van der Waals surface area contributed by atoms with Crippen molar-refractivity contribution in [3.8, 4) is 11.5 Å². The van der Waals surface area contributed by atoms with Crippen molar-refractivity contribution in [2.75, 3.05) is 40.0 Å². The van der Waals surface area contributed by atoms with Crippen LogP contribution in [0, 0.1) is 0 Å². The van der Waals surface area contributed by atoms with Crippen molar-refractivity contribution in [3.63, 3.8) is 0 Å². The number of nitrogens with zero attached hydrogens (tertiary/aromatic N) is 1. The van der Waals surface area contributed by atoms with Gasteiger partial charge in [-0.05, 0) is 36.1 Å². The minimum absolute atomic E-state index is 0.0809. The standard InChI is InChI=1S/C21H27F3N2O3S/c1-15-13-26(7-8-28-15)17(20-4-3-9-30-20)12-25-11-16-5-6-18(19(10-16)27-2)29-14-21(22,23)24/h3-6,9-10,15,17,25H,7-8,11-14H2,1-2H3. The normalized spacial score (nSPS) is 18.9. The maximum atomic E-state index is 12.4. The van der Waals surface area contributed by atoms with E-state index in [0.29, 0.717) is 6.54 Å². The van der Waals surface area contributed by atoms with Gasteiger partial charge in [0.1, 0.15) is 0 Å². The van der Waals surface area contributed by atoms with Crippen LogP contribution in [0.25, 0.3) is 0 Å². The van der Waals surface area contributed by atoms with E-state index < -0.39 is 12.8 Å². The summed E-state index contributed by atoms with van der Waals surface area (Å²) >= 11 is 1.74. The first-order valence-electron chi connectivity index (χ1n) is 9.82. The lowest BCUT2D eigenvalue weighted by Crippen LogP contribution is -2.45. The van der Waals surface area contributed by atoms with Crippen molar-refractivity contribution in [1.82, 2.24) is 10.2 Å². The number of methoxy groups -OCH3 is 1. The minimum Gasteiger partial charge on any atom is -0.493 e. The molecule has 2 heterocycles. The van der Waals surface area contributed by atoms with Crippen LogP contribution in [0.1, 0.15) is 23.4 Å². The second-order valence-electron chi connectivity index (χ2n) is 7.23. The molecule has 0 radical (unpaired) electrons. The quantitative estimate of drug-likeness (QED) is 0.627. The van der Waals surface area contributed by atoms with E-state index >= 15 is 0 Å². The van der Waals surface area contributed by atoms with Crippen molar-refractivity contribution in [1.29, 1.82) is 0 Å². The van der Waals surface area contributed by atoms with Gasteiger partial charge in [-0.15, -0.1) is 11.3 Å². The molecule has 0 saturated carbocycles. The number of alkyl halides is 3. The average molecular weight is 445 g/mol. The largest absolute Gasteiger partial charge is 0.493 e. The predicted octanol–water partition coefficient (Wildman–Crippen LogP) is 4.25. The zero-order valence-electron chi connectivity index (χ0n) is 17.1. The summed E-state index contributed by atoms with van der Waals surface area (Å²) in [7, 11) is 1.42. The minimum atomic E-state index is -4.39. The number of morpholine rings is 1. The van der Waals surface area contributed by atoms with Gasteiger partial charge in [-0.1, -0.05) is 12.1 Å². The number of hydrogen-bond donors (Lipinski definition) is 1. The van der Waals surface area contributed by atoms with Gasteiger partial charge < -0.3 is 19.5 Å². The molecule has 0 amide bonds. The summed E-state index contributed by atoms with van der Waals surface area (Å²) in [6.07, 6.45) is -4.19. The lowest BCUT2D eigenvalue weighted by atomic mass is 10.1. The molecular formula is C21H27F3N2O3S. The molecule has 9 heteroatoms. The Bertz CT molecular complexity index is 786. The highest BCUT2D eigenvalue weighted by Crippen LogP contribution is 2.30. The Morgan fingerprint density at radius 2 is 2.13 bits per heavy atom. The summed E-state index contributed by atoms with van der Waals surface area (Å²) in [5.41, 5.74) is 0.909. The summed E-state index contributed by atoms with van der Waals surface area (Å²) in [5.74, 6) is 0.368. The van der Waals surface area contributed by atoms with Gasteiger partial charge in [0, 0.05) is 31.1 Å². The van der Waals surface area contributed by atoms with Crippen molar-refractivity contribution < 1.29 is 27.4 Å². The van der Waals surface area contributed by atoms with E-state index in [1.54, 1.807) is 23.5 Å². The molecular weight excluding hydrogens is 417 g/mol. The molecule has 1 aromatic heterocycles. The third-order valence-electron chi connectivity index (χ3n) is 4.87. The smallest absolute Gasteiger partial charge is 0.422 e. The van der Waals surface area contributed by atoms with Crippen LogP contribution in [0.15, 0.2) is 35.7 Å². The molecule has 1 saturated heterocycles. The molecule has 3 rings (SSSR count). The van der Waals surface area contributed by atoms with Crippen LogP contribution in [0.4, 0.5) is 13.2 Å². The van der Waals surface area contributed by atoms with Crippen LogP contribution < -0.4 is 14.8 Å². The van der Waals surface area contributed by atoms with E-state index in [-0.39, 0.29) is 23.6 Å². The van der Waals surface area contributed by atoms with Gasteiger partial charge in [-0.3, -0.25) is 4.90 Å². The Balaban J connectivity index is 1.60. The van der Waals surface area contributed by atoms with Crippen LogP contribution in [-0.2, 0) is 11.3 Å². The SMILES string of the molecule is COc1cc(CNCC(c2cccs2)N2CCOC(C)C2)ccc1OCC(F)(F)F. The number of thiophene rings is 1. The topological polar surface area (TPSA) is 43.0 Å². The van der Waals surface area contributed by atoms with Crippen molar-refractivity contribution in [3.05, 3.63) is 46.2 Å². The maximum absolute atomic E-state index is 12.4. The van der Waals surface area contributed by atoms with Gasteiger partial charge in [0.05, 0.1) is 25.9 Å². The Labute approximate surface area is 178 Å². The fraction of sp³-hybridized carbons (Fsp3) is 0.524. The van der Waals surface area contributed by atoms with Crippen LogP contribution in [0.5, 0.6) is 11.5 Å². The second-order valence-corrected chi connectivity index (χ2v) is 8.21. The molecule has 0 bridgehead atoms. The zero-order valence-corrected chi connectivity index (χ0v) is 17.9. The van der Waals surface area contributed by atoms with E-state index in [9.17, 15) is 13.2 Å². The molecule has 1 aliphatic rings. The number of nitrogens with one attached hydrogen (secondary N) is 1. The van der Waals surface area contributed by atoms with Crippen molar-refractivity contribution in [2.24, 2.45) is 0 Å². The Morgan fingerprint density at radius 1 is 1.30 bits per heavy atom. The molecule has 1 aliphatic heterocycles. The van der Waals surface area contributed by atoms with Crippen LogP contribution in [0.3, 0.4) is 0 Å². The predicted molar refractivity (Wildman–Crippen MR) is 110 cm³/mol. The Kier molecular flexibility index (Phi) is 7.99. The summed E-state index contributed by atoms with van der Waals surface area (Å²) in [6, 6.07) is 9.41. The monoisotopic (exact) mass is 444 g/mol. The second kappa shape index (κ2) is 10.5. The summed E-state index contributed by atoms with van der Waals surface area (Å²) in [5, 5.41) is 5.56. The lowest BCUT2D eigenvalue weighted by molar-refractivity contribution is -0.153. The molecule has 2 aromatic rings. The van der Waals surface area contributed by atoms with Gasteiger partial charge >= 0.3 is 6.18 Å². The fourth-order valence-corrected chi connectivity index (χ4v) is 4.33. The van der Waals surface area contributed by atoms with Crippen molar-refractivity contribution in [2.45, 2.75) is 31.8 Å². The molecule has 1 N–H and O–H groups in total. The maximum Gasteiger partial charge on any atom is 0.422 e. The first-order chi connectivity index (χ1) is 14.4. The fourth-order valence-electron chi connectivity index (χ4n) is 3.47. The van der Waals surface area contributed by atoms with Crippen LogP contribution in [-0.4, -0.2) is 57.1 Å². The van der Waals surface area contributed by atoms with E-state index in [0.717, 1.165) is 31.8 Å². The highest BCUT2D eigenvalue weighted by Gasteiger charge is 2.29. The molecule has 1 aromatic carbocycles. The molecule has 1 fully saturated rings. The molecule has 5 nitrogen and oxygen atoms in total. The molecule has 2 atom stereocenters.